The third-order valence-electron chi connectivity index (χ3n) is 5.41. The molecule has 1 unspecified atom stereocenters. The molecule has 0 saturated carbocycles. The molecule has 0 saturated heterocycles. The van der Waals surface area contributed by atoms with E-state index in [2.05, 4.69) is 32.6 Å². The minimum atomic E-state index is -0.343. The molecule has 2 aromatic carbocycles. The summed E-state index contributed by atoms with van der Waals surface area (Å²) in [4.78, 5) is 26.4. The topological polar surface area (TPSA) is 91.1 Å². The largest absolute Gasteiger partial charge is 0.398 e. The number of benzene rings is 2. The van der Waals surface area contributed by atoms with Gasteiger partial charge in [0, 0.05) is 42.8 Å². The Hall–Kier alpha value is -3.53. The minimum Gasteiger partial charge on any atom is -0.398 e. The number of thioether (sulfide) groups is 1. The molecule has 0 bridgehead atoms. The molecule has 1 N–H and O–H groups in total. The highest BCUT2D eigenvalue weighted by atomic mass is 32.2. The fraction of sp³-hybridized carbons (Fsp3) is 0.304. The minimum absolute atomic E-state index is 0.177. The lowest BCUT2D eigenvalue weighted by molar-refractivity contribution is -0.114. The van der Waals surface area contributed by atoms with E-state index in [0.717, 1.165) is 22.0 Å². The monoisotopic (exact) mass is 466 g/mol. The zero-order valence-corrected chi connectivity index (χ0v) is 19.8. The van der Waals surface area contributed by atoms with E-state index in [1.54, 1.807) is 25.0 Å². The summed E-state index contributed by atoms with van der Waals surface area (Å²) in [5, 5.41) is 19.1. The second-order valence-corrected chi connectivity index (χ2v) is 8.75. The number of rotatable bonds is 8. The molecule has 0 aromatic heterocycles. The van der Waals surface area contributed by atoms with Crippen LogP contribution in [0, 0.1) is 0 Å². The first-order chi connectivity index (χ1) is 16.0. The third kappa shape index (κ3) is 4.51. The van der Waals surface area contributed by atoms with E-state index in [1.165, 1.54) is 12.0 Å². The summed E-state index contributed by atoms with van der Waals surface area (Å²) in [7, 11) is 4.98. The normalized spacial score (nSPS) is 17.9. The van der Waals surface area contributed by atoms with Crippen LogP contribution in [0.25, 0.3) is 10.8 Å². The first-order valence-corrected chi connectivity index (χ1v) is 11.3. The molecule has 2 aromatic rings. The number of oxime groups is 2. The molecule has 0 spiro atoms. The number of hydrogen-bond donors (Lipinski definition) is 1. The highest BCUT2D eigenvalue weighted by molar-refractivity contribution is 8.03. The number of fused-ring (bicyclic) bond motifs is 2. The summed E-state index contributed by atoms with van der Waals surface area (Å²) < 4.78 is 0. The van der Waals surface area contributed by atoms with Crippen molar-refractivity contribution >= 4 is 46.7 Å². The van der Waals surface area contributed by atoms with E-state index in [1.807, 2.05) is 54.8 Å². The van der Waals surface area contributed by atoms with Crippen LogP contribution in [-0.2, 0) is 21.1 Å². The van der Waals surface area contributed by atoms with Crippen LogP contribution in [0.3, 0.4) is 0 Å². The van der Waals surface area contributed by atoms with Gasteiger partial charge >= 0.3 is 0 Å². The van der Waals surface area contributed by atoms with Crippen molar-refractivity contribution in [2.75, 3.05) is 21.2 Å². The van der Waals surface area contributed by atoms with E-state index in [0.29, 0.717) is 12.0 Å². The van der Waals surface area contributed by atoms with Crippen molar-refractivity contribution in [3.63, 3.8) is 0 Å². The SMILES string of the molecule is CNC(=O)C(=NOC)c1c(CON=CCC2=C(C)SC3N(C)C=NN23)ccc2ccccc12. The molecule has 0 fully saturated rings. The Morgan fingerprint density at radius 2 is 2.12 bits per heavy atom. The highest BCUT2D eigenvalue weighted by Crippen LogP contribution is 2.41. The van der Waals surface area contributed by atoms with Crippen LogP contribution in [0.1, 0.15) is 24.5 Å². The standard InChI is InChI=1S/C23H26N6O3S/c1-15-19(29-23(33-15)28(3)14-25-29)11-12-26-32-13-17-10-9-16-7-5-6-8-18(16)20(17)21(27-31-4)22(30)24-2/h5-10,12,14,23H,11,13H2,1-4H3,(H,24,30). The van der Waals surface area contributed by atoms with Gasteiger partial charge in [0.2, 0.25) is 0 Å². The second kappa shape index (κ2) is 9.95. The molecule has 1 atom stereocenters. The van der Waals surface area contributed by atoms with E-state index in [9.17, 15) is 4.79 Å². The Bertz CT molecular complexity index is 1180. The number of carbonyl (C=O) groups is 1. The molecule has 0 radical (unpaired) electrons. The molecule has 2 heterocycles. The maximum atomic E-state index is 12.5. The van der Waals surface area contributed by atoms with Gasteiger partial charge in [-0.25, -0.2) is 5.01 Å². The zero-order valence-electron chi connectivity index (χ0n) is 19.0. The molecule has 1 amide bonds. The van der Waals surface area contributed by atoms with Crippen LogP contribution in [0.2, 0.25) is 0 Å². The first-order valence-electron chi connectivity index (χ1n) is 10.4. The number of nitrogens with zero attached hydrogens (tertiary/aromatic N) is 5. The number of likely N-dealkylation sites (N-methyl/N-ethyl adjacent to an activating group) is 1. The Kier molecular flexibility index (Phi) is 6.83. The number of hydrogen-bond acceptors (Lipinski definition) is 9. The van der Waals surface area contributed by atoms with Gasteiger partial charge in [-0.3, -0.25) is 4.79 Å². The molecular weight excluding hydrogens is 440 g/mol. The smallest absolute Gasteiger partial charge is 0.273 e. The summed E-state index contributed by atoms with van der Waals surface area (Å²) >= 11 is 1.77. The van der Waals surface area contributed by atoms with Crippen LogP contribution in [-0.4, -0.2) is 60.8 Å². The maximum absolute atomic E-state index is 12.5. The summed E-state index contributed by atoms with van der Waals surface area (Å²) in [6.07, 6.45) is 4.17. The van der Waals surface area contributed by atoms with Crippen LogP contribution in [0.15, 0.2) is 62.4 Å². The summed E-state index contributed by atoms with van der Waals surface area (Å²) in [5.41, 5.74) is 2.91. The fourth-order valence-electron chi connectivity index (χ4n) is 3.79. The van der Waals surface area contributed by atoms with Crippen LogP contribution in [0.4, 0.5) is 0 Å². The van der Waals surface area contributed by atoms with Gasteiger partial charge in [0.05, 0.1) is 5.70 Å². The number of amides is 1. The molecule has 10 heteroatoms. The Morgan fingerprint density at radius 1 is 1.30 bits per heavy atom. The van der Waals surface area contributed by atoms with E-state index in [-0.39, 0.29) is 23.7 Å². The first kappa shape index (κ1) is 22.7. The van der Waals surface area contributed by atoms with Gasteiger partial charge < -0.3 is 19.9 Å². The Labute approximate surface area is 196 Å². The Balaban J connectivity index is 1.52. The van der Waals surface area contributed by atoms with E-state index >= 15 is 0 Å². The molecule has 0 aliphatic carbocycles. The van der Waals surface area contributed by atoms with Crippen molar-refractivity contribution in [1.29, 1.82) is 0 Å². The van der Waals surface area contributed by atoms with E-state index in [4.69, 9.17) is 9.68 Å². The van der Waals surface area contributed by atoms with Crippen molar-refractivity contribution in [3.8, 4) is 0 Å². The van der Waals surface area contributed by atoms with Crippen LogP contribution < -0.4 is 5.32 Å². The van der Waals surface area contributed by atoms with Gasteiger partial charge in [-0.2, -0.15) is 5.10 Å². The molecule has 2 aliphatic rings. The van der Waals surface area contributed by atoms with Gasteiger partial charge in [-0.05, 0) is 17.7 Å². The van der Waals surface area contributed by atoms with E-state index < -0.39 is 0 Å². The molecule has 2 aliphatic heterocycles. The average Bonchev–Trinajstić information content (AvgIpc) is 3.34. The van der Waals surface area contributed by atoms with Crippen molar-refractivity contribution in [2.24, 2.45) is 15.4 Å². The number of allylic oxidation sites excluding steroid dienone is 2. The predicted molar refractivity (Wildman–Crippen MR) is 132 cm³/mol. The quantitative estimate of drug-likeness (QED) is 0.474. The Morgan fingerprint density at radius 3 is 2.91 bits per heavy atom. The summed E-state index contributed by atoms with van der Waals surface area (Å²) in [6, 6.07) is 11.7. The predicted octanol–water partition coefficient (Wildman–Crippen LogP) is 3.28. The van der Waals surface area contributed by atoms with Crippen molar-refractivity contribution in [3.05, 3.63) is 58.1 Å². The molecule has 9 nitrogen and oxygen atoms in total. The van der Waals surface area contributed by atoms with Gasteiger partial charge in [0.15, 0.2) is 11.2 Å². The maximum Gasteiger partial charge on any atom is 0.273 e. The van der Waals surface area contributed by atoms with Gasteiger partial charge in [0.1, 0.15) is 20.1 Å². The molecule has 4 rings (SSSR count). The second-order valence-electron chi connectivity index (χ2n) is 7.48. The van der Waals surface area contributed by atoms with Crippen molar-refractivity contribution < 1.29 is 14.5 Å². The third-order valence-corrected chi connectivity index (χ3v) is 6.74. The molecule has 33 heavy (non-hydrogen) atoms. The number of carbonyl (C=O) groups excluding carboxylic acids is 1. The number of hydrazone groups is 1. The fourth-order valence-corrected chi connectivity index (χ4v) is 4.93. The number of nitrogens with one attached hydrogen (secondary N) is 1. The van der Waals surface area contributed by atoms with Gasteiger partial charge in [0.25, 0.3) is 5.91 Å². The zero-order chi connectivity index (χ0) is 23.4. The average molecular weight is 467 g/mol. The van der Waals surface area contributed by atoms with Crippen molar-refractivity contribution in [2.45, 2.75) is 25.4 Å². The lowest BCUT2D eigenvalue weighted by Crippen LogP contribution is -2.30. The van der Waals surface area contributed by atoms with Crippen LogP contribution >= 0.6 is 11.8 Å². The van der Waals surface area contributed by atoms with Crippen molar-refractivity contribution in [1.82, 2.24) is 15.2 Å². The van der Waals surface area contributed by atoms with Crippen LogP contribution in [0.5, 0.6) is 0 Å². The van der Waals surface area contributed by atoms with Gasteiger partial charge in [-0.1, -0.05) is 58.5 Å². The molecule has 172 valence electrons. The summed E-state index contributed by atoms with van der Waals surface area (Å²) in [5.74, 6) is -0.343. The lowest BCUT2D eigenvalue weighted by atomic mass is 9.95. The molecular formula is C23H26N6O3S. The van der Waals surface area contributed by atoms with Gasteiger partial charge in [-0.15, -0.1) is 0 Å². The summed E-state index contributed by atoms with van der Waals surface area (Å²) in [6.45, 7) is 2.27. The highest BCUT2D eigenvalue weighted by Gasteiger charge is 2.35. The lowest BCUT2D eigenvalue weighted by Gasteiger charge is -2.21.